The van der Waals surface area contributed by atoms with Crippen molar-refractivity contribution in [1.82, 2.24) is 10.2 Å². The van der Waals surface area contributed by atoms with Crippen LogP contribution in [0.15, 0.2) is 30.3 Å². The molecule has 0 spiro atoms. The third-order valence-electron chi connectivity index (χ3n) is 4.00. The Hall–Kier alpha value is -1.39. The predicted molar refractivity (Wildman–Crippen MR) is 84.2 cm³/mol. The van der Waals surface area contributed by atoms with Crippen molar-refractivity contribution in [1.29, 1.82) is 0 Å². The van der Waals surface area contributed by atoms with Crippen molar-refractivity contribution in [2.24, 2.45) is 5.92 Å². The van der Waals surface area contributed by atoms with E-state index >= 15 is 0 Å². The predicted octanol–water partition coefficient (Wildman–Crippen LogP) is 1.70. The zero-order valence-electron chi connectivity index (χ0n) is 13.0. The number of ether oxygens (including phenoxy) is 1. The number of hydrogen-bond acceptors (Lipinski definition) is 3. The van der Waals surface area contributed by atoms with Gasteiger partial charge in [-0.25, -0.2) is 0 Å². The van der Waals surface area contributed by atoms with Crippen LogP contribution in [-0.4, -0.2) is 49.7 Å². The Morgan fingerprint density at radius 3 is 2.52 bits per heavy atom. The van der Waals surface area contributed by atoms with Crippen molar-refractivity contribution in [2.45, 2.75) is 26.3 Å². The highest BCUT2D eigenvalue weighted by atomic mass is 16.5. The third kappa shape index (κ3) is 5.14. The number of morpholine rings is 1. The molecule has 1 fully saturated rings. The van der Waals surface area contributed by atoms with Crippen LogP contribution in [0.2, 0.25) is 0 Å². The fourth-order valence-electron chi connectivity index (χ4n) is 2.76. The SMILES string of the molecule is CC(C)C(CNC(=O)Cc1ccccc1)N1CCOCC1. The van der Waals surface area contributed by atoms with E-state index in [1.165, 1.54) is 0 Å². The van der Waals surface area contributed by atoms with E-state index in [0.29, 0.717) is 24.9 Å². The Bertz CT molecular complexity index is 428. The molecule has 4 nitrogen and oxygen atoms in total. The number of rotatable bonds is 6. The topological polar surface area (TPSA) is 41.6 Å². The number of carbonyl (C=O) groups excluding carboxylic acids is 1. The van der Waals surface area contributed by atoms with E-state index in [4.69, 9.17) is 4.74 Å². The Labute approximate surface area is 127 Å². The molecule has 1 saturated heterocycles. The van der Waals surface area contributed by atoms with Crippen LogP contribution in [0.4, 0.5) is 0 Å². The molecule has 21 heavy (non-hydrogen) atoms. The van der Waals surface area contributed by atoms with Gasteiger partial charge in [-0.2, -0.15) is 0 Å². The number of benzene rings is 1. The minimum Gasteiger partial charge on any atom is -0.379 e. The standard InChI is InChI=1S/C17H26N2O2/c1-14(2)16(19-8-10-21-11-9-19)13-18-17(20)12-15-6-4-3-5-7-15/h3-7,14,16H,8-13H2,1-2H3,(H,18,20). The highest BCUT2D eigenvalue weighted by Crippen LogP contribution is 2.12. The molecule has 0 radical (unpaired) electrons. The molecule has 2 rings (SSSR count). The molecule has 1 aliphatic rings. The second-order valence-electron chi connectivity index (χ2n) is 5.93. The van der Waals surface area contributed by atoms with Crippen LogP contribution >= 0.6 is 0 Å². The van der Waals surface area contributed by atoms with Gasteiger partial charge >= 0.3 is 0 Å². The largest absolute Gasteiger partial charge is 0.379 e. The Kier molecular flexibility index (Phi) is 6.21. The van der Waals surface area contributed by atoms with Gasteiger partial charge in [0, 0.05) is 25.7 Å². The van der Waals surface area contributed by atoms with Gasteiger partial charge in [-0.3, -0.25) is 9.69 Å². The fraction of sp³-hybridized carbons (Fsp3) is 0.588. The molecule has 1 unspecified atom stereocenters. The molecule has 1 aromatic rings. The first-order valence-electron chi connectivity index (χ1n) is 7.79. The van der Waals surface area contributed by atoms with Crippen LogP contribution in [0.1, 0.15) is 19.4 Å². The van der Waals surface area contributed by atoms with Gasteiger partial charge in [-0.15, -0.1) is 0 Å². The molecule has 1 N–H and O–H groups in total. The molecule has 1 aliphatic heterocycles. The van der Waals surface area contributed by atoms with Crippen LogP contribution in [0, 0.1) is 5.92 Å². The van der Waals surface area contributed by atoms with Gasteiger partial charge in [0.15, 0.2) is 0 Å². The first-order valence-corrected chi connectivity index (χ1v) is 7.79. The zero-order valence-corrected chi connectivity index (χ0v) is 13.0. The summed E-state index contributed by atoms with van der Waals surface area (Å²) in [6, 6.07) is 10.3. The smallest absolute Gasteiger partial charge is 0.224 e. The highest BCUT2D eigenvalue weighted by molar-refractivity contribution is 5.78. The van der Waals surface area contributed by atoms with E-state index in [1.807, 2.05) is 30.3 Å². The van der Waals surface area contributed by atoms with E-state index < -0.39 is 0 Å². The van der Waals surface area contributed by atoms with E-state index in [-0.39, 0.29) is 5.91 Å². The summed E-state index contributed by atoms with van der Waals surface area (Å²) in [4.78, 5) is 14.5. The number of hydrogen-bond donors (Lipinski definition) is 1. The number of carbonyl (C=O) groups is 1. The molecular weight excluding hydrogens is 264 g/mol. The Morgan fingerprint density at radius 2 is 1.90 bits per heavy atom. The minimum atomic E-state index is 0.0973. The van der Waals surface area contributed by atoms with Gasteiger partial charge < -0.3 is 10.1 Å². The molecular formula is C17H26N2O2. The van der Waals surface area contributed by atoms with Gasteiger partial charge in [0.25, 0.3) is 0 Å². The third-order valence-corrected chi connectivity index (χ3v) is 4.00. The second kappa shape index (κ2) is 8.15. The molecule has 4 heteroatoms. The average Bonchev–Trinajstić information content (AvgIpc) is 2.49. The molecule has 1 heterocycles. The lowest BCUT2D eigenvalue weighted by Gasteiger charge is -2.36. The molecule has 0 aliphatic carbocycles. The number of amides is 1. The second-order valence-corrected chi connectivity index (χ2v) is 5.93. The molecule has 0 saturated carbocycles. The molecule has 116 valence electrons. The number of nitrogens with zero attached hydrogens (tertiary/aromatic N) is 1. The summed E-state index contributed by atoms with van der Waals surface area (Å²) in [7, 11) is 0. The lowest BCUT2D eigenvalue weighted by molar-refractivity contribution is -0.120. The molecule has 0 aromatic heterocycles. The van der Waals surface area contributed by atoms with Crippen LogP contribution in [-0.2, 0) is 16.0 Å². The lowest BCUT2D eigenvalue weighted by atomic mass is 10.0. The van der Waals surface area contributed by atoms with Gasteiger partial charge in [-0.05, 0) is 11.5 Å². The summed E-state index contributed by atoms with van der Waals surface area (Å²) in [5, 5.41) is 3.09. The summed E-state index contributed by atoms with van der Waals surface area (Å²) in [6.45, 7) is 8.63. The summed E-state index contributed by atoms with van der Waals surface area (Å²) in [6.07, 6.45) is 0.453. The molecule has 0 bridgehead atoms. The van der Waals surface area contributed by atoms with Crippen molar-refractivity contribution in [2.75, 3.05) is 32.8 Å². The van der Waals surface area contributed by atoms with Crippen LogP contribution in [0.3, 0.4) is 0 Å². The first-order chi connectivity index (χ1) is 10.2. The van der Waals surface area contributed by atoms with Crippen LogP contribution in [0.5, 0.6) is 0 Å². The van der Waals surface area contributed by atoms with Gasteiger partial charge in [0.2, 0.25) is 5.91 Å². The fourth-order valence-corrected chi connectivity index (χ4v) is 2.76. The normalized spacial score (nSPS) is 17.7. The van der Waals surface area contributed by atoms with E-state index in [1.54, 1.807) is 0 Å². The number of nitrogens with one attached hydrogen (secondary N) is 1. The van der Waals surface area contributed by atoms with Gasteiger partial charge in [0.1, 0.15) is 0 Å². The van der Waals surface area contributed by atoms with Crippen molar-refractivity contribution in [3.05, 3.63) is 35.9 Å². The Morgan fingerprint density at radius 1 is 1.24 bits per heavy atom. The van der Waals surface area contributed by atoms with E-state index in [0.717, 1.165) is 31.9 Å². The maximum Gasteiger partial charge on any atom is 0.224 e. The van der Waals surface area contributed by atoms with E-state index in [2.05, 4.69) is 24.1 Å². The quantitative estimate of drug-likeness (QED) is 0.867. The summed E-state index contributed by atoms with van der Waals surface area (Å²) in [5.41, 5.74) is 1.06. The van der Waals surface area contributed by atoms with Crippen LogP contribution in [0.25, 0.3) is 0 Å². The van der Waals surface area contributed by atoms with Crippen molar-refractivity contribution in [3.8, 4) is 0 Å². The van der Waals surface area contributed by atoms with Crippen LogP contribution < -0.4 is 5.32 Å². The summed E-state index contributed by atoms with van der Waals surface area (Å²) in [5.74, 6) is 0.611. The minimum absolute atomic E-state index is 0.0973. The van der Waals surface area contributed by atoms with Crippen molar-refractivity contribution in [3.63, 3.8) is 0 Å². The molecule has 1 amide bonds. The monoisotopic (exact) mass is 290 g/mol. The highest BCUT2D eigenvalue weighted by Gasteiger charge is 2.24. The van der Waals surface area contributed by atoms with E-state index in [9.17, 15) is 4.79 Å². The summed E-state index contributed by atoms with van der Waals surface area (Å²) >= 11 is 0. The zero-order chi connectivity index (χ0) is 15.1. The lowest BCUT2D eigenvalue weighted by Crippen LogP contribution is -2.51. The summed E-state index contributed by atoms with van der Waals surface area (Å²) < 4.78 is 5.41. The Balaban J connectivity index is 1.82. The molecule has 1 aromatic carbocycles. The molecule has 1 atom stereocenters. The average molecular weight is 290 g/mol. The van der Waals surface area contributed by atoms with Crippen molar-refractivity contribution < 1.29 is 9.53 Å². The first kappa shape index (κ1) is 16.0. The maximum atomic E-state index is 12.1. The van der Waals surface area contributed by atoms with Gasteiger partial charge in [0.05, 0.1) is 19.6 Å². The van der Waals surface area contributed by atoms with Gasteiger partial charge in [-0.1, -0.05) is 44.2 Å². The maximum absolute atomic E-state index is 12.1. The van der Waals surface area contributed by atoms with Crippen molar-refractivity contribution >= 4 is 5.91 Å².